The maximum Gasteiger partial charge on any atom is 0.243 e. The summed E-state index contributed by atoms with van der Waals surface area (Å²) in [6, 6.07) is 16.6. The van der Waals surface area contributed by atoms with Crippen LogP contribution in [0.2, 0.25) is 0 Å². The van der Waals surface area contributed by atoms with E-state index in [1.807, 2.05) is 23.1 Å². The fourth-order valence-corrected chi connectivity index (χ4v) is 5.75. The first-order chi connectivity index (χ1) is 13.0. The molecule has 2 atom stereocenters. The van der Waals surface area contributed by atoms with Crippen LogP contribution in [0.4, 0.5) is 5.69 Å². The standard InChI is InChI=1S/C21H24N2O3S/c1-16-14-17-8-5-6-12-20(17)23(16)21(24)18-9-7-13-22(15-18)27(25,26)19-10-3-2-4-11-19/h2-6,8,10-12,16,18H,7,9,13-15H2,1H3/t16-,18-/m0/s1. The van der Waals surface area contributed by atoms with Crippen LogP contribution in [0.1, 0.15) is 25.3 Å². The number of hydrogen-bond donors (Lipinski definition) is 0. The first-order valence-electron chi connectivity index (χ1n) is 9.44. The molecule has 0 unspecified atom stereocenters. The van der Waals surface area contributed by atoms with E-state index in [4.69, 9.17) is 0 Å². The topological polar surface area (TPSA) is 57.7 Å². The van der Waals surface area contributed by atoms with E-state index in [0.29, 0.717) is 13.0 Å². The van der Waals surface area contributed by atoms with Crippen molar-refractivity contribution in [2.75, 3.05) is 18.0 Å². The van der Waals surface area contributed by atoms with Crippen molar-refractivity contribution >= 4 is 21.6 Å². The van der Waals surface area contributed by atoms with Crippen LogP contribution in [0.25, 0.3) is 0 Å². The molecule has 0 aromatic heterocycles. The lowest BCUT2D eigenvalue weighted by atomic mass is 9.97. The summed E-state index contributed by atoms with van der Waals surface area (Å²) in [6.07, 6.45) is 2.28. The van der Waals surface area contributed by atoms with Crippen molar-refractivity contribution in [1.82, 2.24) is 4.31 Å². The molecule has 0 radical (unpaired) electrons. The van der Waals surface area contributed by atoms with Crippen molar-refractivity contribution in [3.8, 4) is 0 Å². The molecule has 27 heavy (non-hydrogen) atoms. The molecular formula is C21H24N2O3S. The predicted octanol–water partition coefficient (Wildman–Crippen LogP) is 3.07. The number of amides is 1. The molecule has 142 valence electrons. The number of para-hydroxylation sites is 1. The summed E-state index contributed by atoms with van der Waals surface area (Å²) in [4.78, 5) is 15.5. The first-order valence-corrected chi connectivity index (χ1v) is 10.9. The molecular weight excluding hydrogens is 360 g/mol. The van der Waals surface area contributed by atoms with Gasteiger partial charge in [0.05, 0.1) is 10.8 Å². The SMILES string of the molecule is C[C@H]1Cc2ccccc2N1C(=O)[C@H]1CCCN(S(=O)(=O)c2ccccc2)C1. The van der Waals surface area contributed by atoms with Crippen LogP contribution in [0, 0.1) is 5.92 Å². The van der Waals surface area contributed by atoms with Crippen molar-refractivity contribution in [3.05, 3.63) is 60.2 Å². The highest BCUT2D eigenvalue weighted by atomic mass is 32.2. The number of fused-ring (bicyclic) bond motifs is 1. The van der Waals surface area contributed by atoms with Crippen molar-refractivity contribution < 1.29 is 13.2 Å². The molecule has 1 amide bonds. The summed E-state index contributed by atoms with van der Waals surface area (Å²) in [6.45, 7) is 2.77. The fraction of sp³-hybridized carbons (Fsp3) is 0.381. The van der Waals surface area contributed by atoms with E-state index in [0.717, 1.165) is 18.5 Å². The Balaban J connectivity index is 1.56. The van der Waals surface area contributed by atoms with E-state index < -0.39 is 10.0 Å². The quantitative estimate of drug-likeness (QED) is 0.817. The molecule has 2 heterocycles. The van der Waals surface area contributed by atoms with Gasteiger partial charge in [0.15, 0.2) is 0 Å². The van der Waals surface area contributed by atoms with Crippen molar-refractivity contribution in [1.29, 1.82) is 0 Å². The Hall–Kier alpha value is -2.18. The molecule has 6 heteroatoms. The molecule has 2 aliphatic rings. The highest BCUT2D eigenvalue weighted by Gasteiger charge is 2.38. The summed E-state index contributed by atoms with van der Waals surface area (Å²) < 4.78 is 27.4. The van der Waals surface area contributed by atoms with Crippen molar-refractivity contribution in [3.63, 3.8) is 0 Å². The molecule has 5 nitrogen and oxygen atoms in total. The summed E-state index contributed by atoms with van der Waals surface area (Å²) in [5.74, 6) is -0.258. The molecule has 1 saturated heterocycles. The van der Waals surface area contributed by atoms with E-state index >= 15 is 0 Å². The zero-order valence-electron chi connectivity index (χ0n) is 15.4. The average molecular weight is 385 g/mol. The lowest BCUT2D eigenvalue weighted by molar-refractivity contribution is -0.123. The smallest absolute Gasteiger partial charge is 0.243 e. The molecule has 2 aliphatic heterocycles. The minimum atomic E-state index is -3.56. The van der Waals surface area contributed by atoms with Gasteiger partial charge in [0.1, 0.15) is 0 Å². The Morgan fingerprint density at radius 1 is 1.04 bits per heavy atom. The van der Waals surface area contributed by atoms with Gasteiger partial charge in [-0.2, -0.15) is 4.31 Å². The van der Waals surface area contributed by atoms with Crippen LogP contribution < -0.4 is 4.90 Å². The third-order valence-corrected chi connectivity index (χ3v) is 7.44. The number of piperidine rings is 1. The zero-order valence-corrected chi connectivity index (χ0v) is 16.2. The highest BCUT2D eigenvalue weighted by Crippen LogP contribution is 2.35. The van der Waals surface area contributed by atoms with Gasteiger partial charge in [-0.1, -0.05) is 36.4 Å². The minimum absolute atomic E-state index is 0.0420. The summed E-state index contributed by atoms with van der Waals surface area (Å²) in [5, 5.41) is 0. The van der Waals surface area contributed by atoms with Crippen LogP contribution in [0.3, 0.4) is 0 Å². The maximum absolute atomic E-state index is 13.3. The van der Waals surface area contributed by atoms with Gasteiger partial charge in [0.2, 0.25) is 15.9 Å². The van der Waals surface area contributed by atoms with Gasteiger partial charge in [-0.25, -0.2) is 8.42 Å². The van der Waals surface area contributed by atoms with Gasteiger partial charge in [-0.05, 0) is 49.9 Å². The van der Waals surface area contributed by atoms with Gasteiger partial charge in [0.25, 0.3) is 0 Å². The number of nitrogens with zero attached hydrogens (tertiary/aromatic N) is 2. The van der Waals surface area contributed by atoms with Crippen molar-refractivity contribution in [2.24, 2.45) is 5.92 Å². The van der Waals surface area contributed by atoms with E-state index in [1.54, 1.807) is 30.3 Å². The van der Waals surface area contributed by atoms with E-state index in [-0.39, 0.29) is 29.3 Å². The molecule has 0 saturated carbocycles. The molecule has 2 aromatic rings. The number of rotatable bonds is 3. The van der Waals surface area contributed by atoms with Crippen LogP contribution in [-0.2, 0) is 21.2 Å². The van der Waals surface area contributed by atoms with Crippen molar-refractivity contribution in [2.45, 2.75) is 37.1 Å². The lowest BCUT2D eigenvalue weighted by Gasteiger charge is -2.34. The van der Waals surface area contributed by atoms with Crippen LogP contribution in [0.15, 0.2) is 59.5 Å². The van der Waals surface area contributed by atoms with E-state index in [1.165, 1.54) is 9.87 Å². The summed E-state index contributed by atoms with van der Waals surface area (Å²) in [5.41, 5.74) is 2.15. The Kier molecular flexibility index (Phi) is 4.78. The monoisotopic (exact) mass is 384 g/mol. The Labute approximate surface area is 160 Å². The molecule has 2 aromatic carbocycles. The summed E-state index contributed by atoms with van der Waals surface area (Å²) >= 11 is 0. The van der Waals surface area contributed by atoms with Gasteiger partial charge < -0.3 is 4.90 Å². The van der Waals surface area contributed by atoms with Crippen LogP contribution >= 0.6 is 0 Å². The number of benzene rings is 2. The second-order valence-electron chi connectivity index (χ2n) is 7.41. The third kappa shape index (κ3) is 3.28. The van der Waals surface area contributed by atoms with E-state index in [9.17, 15) is 13.2 Å². The summed E-state index contributed by atoms with van der Waals surface area (Å²) in [7, 11) is -3.56. The second-order valence-corrected chi connectivity index (χ2v) is 9.34. The zero-order chi connectivity index (χ0) is 19.0. The first kappa shape index (κ1) is 18.2. The number of sulfonamides is 1. The maximum atomic E-state index is 13.3. The highest BCUT2D eigenvalue weighted by molar-refractivity contribution is 7.89. The van der Waals surface area contributed by atoms with E-state index in [2.05, 4.69) is 13.0 Å². The minimum Gasteiger partial charge on any atom is -0.309 e. The number of hydrogen-bond acceptors (Lipinski definition) is 3. The number of carbonyl (C=O) groups excluding carboxylic acids is 1. The van der Waals surface area contributed by atoms with Gasteiger partial charge in [0, 0.05) is 24.8 Å². The molecule has 4 rings (SSSR count). The molecule has 1 fully saturated rings. The second kappa shape index (κ2) is 7.09. The molecule has 0 bridgehead atoms. The largest absolute Gasteiger partial charge is 0.309 e. The Morgan fingerprint density at radius 3 is 2.52 bits per heavy atom. The lowest BCUT2D eigenvalue weighted by Crippen LogP contribution is -2.48. The number of carbonyl (C=O) groups is 1. The molecule has 0 aliphatic carbocycles. The van der Waals surface area contributed by atoms with Gasteiger partial charge >= 0.3 is 0 Å². The fourth-order valence-electron chi connectivity index (χ4n) is 4.20. The van der Waals surface area contributed by atoms with Crippen LogP contribution in [-0.4, -0.2) is 37.8 Å². The predicted molar refractivity (Wildman–Crippen MR) is 105 cm³/mol. The van der Waals surface area contributed by atoms with Gasteiger partial charge in [-0.15, -0.1) is 0 Å². The number of anilines is 1. The Bertz CT molecular complexity index is 943. The Morgan fingerprint density at radius 2 is 1.74 bits per heavy atom. The van der Waals surface area contributed by atoms with Crippen LogP contribution in [0.5, 0.6) is 0 Å². The third-order valence-electron chi connectivity index (χ3n) is 5.56. The normalized spacial score (nSPS) is 23.2. The van der Waals surface area contributed by atoms with Gasteiger partial charge in [-0.3, -0.25) is 4.79 Å². The average Bonchev–Trinajstić information content (AvgIpc) is 3.04. The molecule has 0 N–H and O–H groups in total. The molecule has 0 spiro atoms.